The highest BCUT2D eigenvalue weighted by molar-refractivity contribution is 7.78. The van der Waals surface area contributed by atoms with Gasteiger partial charge in [-0.3, -0.25) is 9.78 Å². The van der Waals surface area contributed by atoms with E-state index in [9.17, 15) is 9.90 Å². The average molecular weight is 475 g/mol. The Kier molecular flexibility index (Phi) is 7.68. The molecule has 3 aromatic rings. The van der Waals surface area contributed by atoms with Crippen LogP contribution in [0.3, 0.4) is 0 Å². The Morgan fingerprint density at radius 1 is 1.28 bits per heavy atom. The van der Waals surface area contributed by atoms with Crippen LogP contribution in [0.2, 0.25) is 5.02 Å². The molecular formula is C22H23ClN4O4S. The molecule has 0 spiro atoms. The molecule has 1 heterocycles. The molecule has 1 aliphatic rings. The van der Waals surface area contributed by atoms with Crippen LogP contribution in [0.1, 0.15) is 23.2 Å². The molecule has 168 valence electrons. The fourth-order valence-corrected chi connectivity index (χ4v) is 3.55. The van der Waals surface area contributed by atoms with Gasteiger partial charge in [0.1, 0.15) is 17.2 Å². The molecule has 0 aliphatic heterocycles. The van der Waals surface area contributed by atoms with Crippen LogP contribution in [-0.4, -0.2) is 40.7 Å². The van der Waals surface area contributed by atoms with Gasteiger partial charge in [0.15, 0.2) is 0 Å². The molecule has 0 saturated heterocycles. The van der Waals surface area contributed by atoms with Gasteiger partial charge in [-0.1, -0.05) is 23.8 Å². The Labute approximate surface area is 195 Å². The molecule has 1 aliphatic carbocycles. The highest BCUT2D eigenvalue weighted by Crippen LogP contribution is 2.36. The highest BCUT2D eigenvalue weighted by atomic mass is 35.5. The Morgan fingerprint density at radius 2 is 2.00 bits per heavy atom. The van der Waals surface area contributed by atoms with Crippen LogP contribution in [-0.2, 0) is 0 Å². The zero-order valence-electron chi connectivity index (χ0n) is 17.2. The number of rotatable bonds is 6. The van der Waals surface area contributed by atoms with E-state index in [1.807, 2.05) is 6.07 Å². The monoisotopic (exact) mass is 474 g/mol. The zero-order chi connectivity index (χ0) is 23.3. The fourth-order valence-electron chi connectivity index (χ4n) is 3.33. The van der Waals surface area contributed by atoms with Crippen molar-refractivity contribution in [2.24, 2.45) is 11.5 Å². The molecule has 0 unspecified atom stereocenters. The van der Waals surface area contributed by atoms with Crippen LogP contribution in [0.25, 0.3) is 10.9 Å². The van der Waals surface area contributed by atoms with Crippen molar-refractivity contribution in [1.29, 1.82) is 0 Å². The maximum absolute atomic E-state index is 11.8. The summed E-state index contributed by atoms with van der Waals surface area (Å²) in [6.45, 7) is 0. The Balaban J connectivity index is 0.000000913. The van der Waals surface area contributed by atoms with Crippen molar-refractivity contribution in [2.45, 2.75) is 25.0 Å². The number of benzene rings is 2. The summed E-state index contributed by atoms with van der Waals surface area (Å²) in [5.74, 6) is 0.810. The lowest BCUT2D eigenvalue weighted by atomic mass is 9.89. The van der Waals surface area contributed by atoms with Crippen LogP contribution in [0.4, 0.5) is 5.69 Å². The predicted molar refractivity (Wildman–Crippen MR) is 129 cm³/mol. The van der Waals surface area contributed by atoms with Crippen molar-refractivity contribution >= 4 is 51.8 Å². The number of ether oxygens (including phenoxy) is 2. The second kappa shape index (κ2) is 10.4. The largest absolute Gasteiger partial charge is 0.496 e. The lowest BCUT2D eigenvalue weighted by Crippen LogP contribution is -2.38. The predicted octanol–water partition coefficient (Wildman–Crippen LogP) is 3.63. The maximum Gasteiger partial charge on any atom is 0.252 e. The molecule has 1 aromatic heterocycles. The van der Waals surface area contributed by atoms with Gasteiger partial charge in [-0.15, -0.1) is 0 Å². The van der Waals surface area contributed by atoms with Crippen molar-refractivity contribution in [2.75, 3.05) is 12.4 Å². The number of carbonyl (C=O) groups excluding carboxylic acids is 1. The normalized spacial score (nSPS) is 16.8. The molecule has 0 atom stereocenters. The van der Waals surface area contributed by atoms with Gasteiger partial charge in [0, 0.05) is 29.8 Å². The van der Waals surface area contributed by atoms with Gasteiger partial charge >= 0.3 is 0 Å². The van der Waals surface area contributed by atoms with E-state index in [-0.39, 0.29) is 17.7 Å². The number of fused-ring (bicyclic) bond motifs is 1. The first-order chi connectivity index (χ1) is 15.4. The first kappa shape index (κ1) is 23.5. The minimum Gasteiger partial charge on any atom is -0.496 e. The van der Waals surface area contributed by atoms with Crippen molar-refractivity contribution in [3.8, 4) is 17.2 Å². The number of methoxy groups -OCH3 is 1. The Bertz CT molecular complexity index is 1140. The van der Waals surface area contributed by atoms with E-state index in [1.54, 1.807) is 36.5 Å². The summed E-state index contributed by atoms with van der Waals surface area (Å²) >= 11 is 10.4. The average Bonchev–Trinajstić information content (AvgIpc) is 2.74. The summed E-state index contributed by atoms with van der Waals surface area (Å²) in [5, 5.41) is 13.9. The van der Waals surface area contributed by atoms with Crippen LogP contribution < -0.4 is 26.3 Å². The number of anilines is 1. The number of thiocarbonyl (C=S) groups is 1. The van der Waals surface area contributed by atoms with Gasteiger partial charge in [0.25, 0.3) is 5.91 Å². The summed E-state index contributed by atoms with van der Waals surface area (Å²) in [7, 11) is 1.47. The van der Waals surface area contributed by atoms with E-state index in [0.29, 0.717) is 46.0 Å². The van der Waals surface area contributed by atoms with E-state index in [4.69, 9.17) is 26.8 Å². The third-order valence-electron chi connectivity index (χ3n) is 4.93. The van der Waals surface area contributed by atoms with E-state index in [2.05, 4.69) is 28.3 Å². The number of primary amides is 1. The van der Waals surface area contributed by atoms with Gasteiger partial charge in [0.2, 0.25) is 0 Å². The second-order valence-corrected chi connectivity index (χ2v) is 7.77. The number of aliphatic hydroxyl groups excluding tert-OH is 1. The molecule has 0 radical (unpaired) electrons. The Hall–Kier alpha value is -3.14. The first-order valence-corrected chi connectivity index (χ1v) is 10.5. The molecule has 1 fully saturated rings. The summed E-state index contributed by atoms with van der Waals surface area (Å²) in [5.41, 5.74) is 12.7. The van der Waals surface area contributed by atoms with Gasteiger partial charge in [-0.25, -0.2) is 0 Å². The number of aliphatic hydroxyl groups is 1. The zero-order valence-corrected chi connectivity index (χ0v) is 18.8. The molecule has 10 heteroatoms. The molecule has 0 bridgehead atoms. The number of carbonyl (C=O) groups is 1. The highest BCUT2D eigenvalue weighted by Gasteiger charge is 2.27. The molecule has 2 aromatic carbocycles. The number of aromatic nitrogens is 1. The molecule has 1 saturated carbocycles. The molecule has 1 amide bonds. The van der Waals surface area contributed by atoms with Gasteiger partial charge < -0.3 is 31.4 Å². The molecule has 4 rings (SSSR count). The van der Waals surface area contributed by atoms with Crippen LogP contribution >= 0.6 is 23.8 Å². The maximum atomic E-state index is 11.8. The molecule has 32 heavy (non-hydrogen) atoms. The van der Waals surface area contributed by atoms with Crippen molar-refractivity contribution < 1.29 is 19.4 Å². The number of nitrogens with one attached hydrogen (secondary N) is 1. The standard InChI is InChI=1S/C21H20ClN3O4.CH3NS/c1-28-20-10-18-14(9-15(20)21(23)27)19(4-5-24-18)29-13-2-3-17(16(22)8-13)25-11-6-12(26)7-11;2-1-3/h2-5,8-12,25-26H,6-7H2,1H3,(H2,23,27);1H,(H2,2,3). The number of halogens is 1. The molecular weight excluding hydrogens is 452 g/mol. The van der Waals surface area contributed by atoms with E-state index >= 15 is 0 Å². The van der Waals surface area contributed by atoms with Crippen LogP contribution in [0, 0.1) is 0 Å². The van der Waals surface area contributed by atoms with Crippen molar-refractivity contribution in [1.82, 2.24) is 4.98 Å². The van der Waals surface area contributed by atoms with Gasteiger partial charge in [-0.2, -0.15) is 0 Å². The Morgan fingerprint density at radius 3 is 2.59 bits per heavy atom. The van der Waals surface area contributed by atoms with Gasteiger partial charge in [0.05, 0.1) is 40.5 Å². The van der Waals surface area contributed by atoms with E-state index < -0.39 is 5.91 Å². The number of hydrogen-bond donors (Lipinski definition) is 4. The second-order valence-electron chi connectivity index (χ2n) is 7.09. The number of amides is 1. The summed E-state index contributed by atoms with van der Waals surface area (Å²) < 4.78 is 11.2. The lowest BCUT2D eigenvalue weighted by Gasteiger charge is -2.33. The third-order valence-corrected chi connectivity index (χ3v) is 5.24. The van der Waals surface area contributed by atoms with Crippen molar-refractivity contribution in [3.05, 3.63) is 53.2 Å². The number of nitrogens with zero attached hydrogens (tertiary/aromatic N) is 1. The number of hydrogen-bond acceptors (Lipinski definition) is 7. The summed E-state index contributed by atoms with van der Waals surface area (Å²) in [4.78, 5) is 16.1. The smallest absolute Gasteiger partial charge is 0.252 e. The number of pyridine rings is 1. The topological polar surface area (TPSA) is 133 Å². The quantitative estimate of drug-likeness (QED) is 0.398. The lowest BCUT2D eigenvalue weighted by molar-refractivity contribution is 0.0836. The molecule has 6 N–H and O–H groups in total. The van der Waals surface area contributed by atoms with Crippen molar-refractivity contribution in [3.63, 3.8) is 0 Å². The third kappa shape index (κ3) is 5.37. The minimum absolute atomic E-state index is 0.223. The van der Waals surface area contributed by atoms with E-state index in [0.717, 1.165) is 11.2 Å². The minimum atomic E-state index is -0.599. The number of nitrogens with two attached hydrogens (primary N) is 2. The van der Waals surface area contributed by atoms with E-state index in [1.165, 1.54) is 7.11 Å². The first-order valence-electron chi connectivity index (χ1n) is 9.70. The van der Waals surface area contributed by atoms with Crippen LogP contribution in [0.15, 0.2) is 42.6 Å². The summed E-state index contributed by atoms with van der Waals surface area (Å²) in [6, 6.07) is 10.5. The molecule has 8 nitrogen and oxygen atoms in total. The van der Waals surface area contributed by atoms with Crippen LogP contribution in [0.5, 0.6) is 17.2 Å². The fraction of sp³-hybridized carbons (Fsp3) is 0.227. The SMILES string of the molecule is COc1cc2nccc(Oc3ccc(NC4CC(O)C4)c(Cl)c3)c2cc1C(N)=O.NC=S. The van der Waals surface area contributed by atoms with Gasteiger partial charge in [-0.05, 0) is 37.1 Å². The summed E-state index contributed by atoms with van der Waals surface area (Å²) in [6.07, 6.45) is 2.80.